The summed E-state index contributed by atoms with van der Waals surface area (Å²) in [6.07, 6.45) is 2.90. The van der Waals surface area contributed by atoms with Crippen LogP contribution < -0.4 is 10.9 Å². The summed E-state index contributed by atoms with van der Waals surface area (Å²) in [5.74, 6) is 0.762. The molecule has 0 fully saturated rings. The topological polar surface area (TPSA) is 41.1 Å². The lowest BCUT2D eigenvalue weighted by atomic mass is 9.94. The zero-order chi connectivity index (χ0) is 14.3. The van der Waals surface area contributed by atoms with Gasteiger partial charge in [0.15, 0.2) is 0 Å². The number of amides is 1. The third kappa shape index (κ3) is 5.26. The van der Waals surface area contributed by atoms with Crippen LogP contribution in [0.25, 0.3) is 0 Å². The lowest BCUT2D eigenvalue weighted by Crippen LogP contribution is -2.47. The van der Waals surface area contributed by atoms with Gasteiger partial charge in [0.1, 0.15) is 0 Å². The van der Waals surface area contributed by atoms with Crippen molar-refractivity contribution in [3.8, 4) is 0 Å². The van der Waals surface area contributed by atoms with Gasteiger partial charge in [-0.05, 0) is 30.4 Å². The summed E-state index contributed by atoms with van der Waals surface area (Å²) in [5.41, 5.74) is 6.57. The first-order valence-electron chi connectivity index (χ1n) is 6.78. The van der Waals surface area contributed by atoms with Crippen molar-refractivity contribution in [1.82, 2.24) is 10.9 Å². The second-order valence-electron chi connectivity index (χ2n) is 5.30. The predicted octanol–water partition coefficient (Wildman–Crippen LogP) is 3.16. The van der Waals surface area contributed by atoms with E-state index in [1.54, 1.807) is 12.1 Å². The first-order valence-corrected chi connectivity index (χ1v) is 6.78. The molecule has 0 saturated carbocycles. The van der Waals surface area contributed by atoms with Crippen molar-refractivity contribution in [2.45, 2.75) is 33.2 Å². The minimum Gasteiger partial charge on any atom is -0.287 e. The molecule has 0 aliphatic carbocycles. The van der Waals surface area contributed by atoms with Crippen LogP contribution in [0.5, 0.6) is 0 Å². The Morgan fingerprint density at radius 3 is 2.42 bits per heavy atom. The van der Waals surface area contributed by atoms with E-state index in [4.69, 9.17) is 0 Å². The average Bonchev–Trinajstić information content (AvgIpc) is 2.42. The molecule has 104 valence electrons. The number of carbonyl (C=O) groups excluding carboxylic acids is 1. The van der Waals surface area contributed by atoms with Crippen LogP contribution in [-0.4, -0.2) is 11.9 Å². The highest BCUT2D eigenvalue weighted by atomic mass is 16.2. The second-order valence-corrected chi connectivity index (χ2v) is 5.30. The van der Waals surface area contributed by atoms with E-state index in [1.165, 1.54) is 0 Å². The Hall–Kier alpha value is -1.61. The molecule has 2 atom stereocenters. The fraction of sp³-hybridized carbons (Fsp3) is 0.438. The van der Waals surface area contributed by atoms with Crippen LogP contribution in [0.15, 0.2) is 43.0 Å². The molecule has 1 aromatic rings. The van der Waals surface area contributed by atoms with Gasteiger partial charge in [-0.3, -0.25) is 10.2 Å². The zero-order valence-corrected chi connectivity index (χ0v) is 12.0. The van der Waals surface area contributed by atoms with Crippen LogP contribution in [0.4, 0.5) is 0 Å². The summed E-state index contributed by atoms with van der Waals surface area (Å²) in [6.45, 7) is 10.3. The fourth-order valence-corrected chi connectivity index (χ4v) is 1.90. The van der Waals surface area contributed by atoms with Crippen molar-refractivity contribution in [3.63, 3.8) is 0 Å². The van der Waals surface area contributed by atoms with E-state index in [0.29, 0.717) is 17.4 Å². The lowest BCUT2D eigenvalue weighted by Gasteiger charge is -2.25. The minimum atomic E-state index is -0.106. The number of benzene rings is 1. The molecule has 1 rings (SSSR count). The molecule has 0 saturated heterocycles. The van der Waals surface area contributed by atoms with Crippen molar-refractivity contribution in [2.75, 3.05) is 0 Å². The quantitative estimate of drug-likeness (QED) is 0.584. The van der Waals surface area contributed by atoms with Crippen LogP contribution in [0, 0.1) is 11.8 Å². The van der Waals surface area contributed by atoms with Crippen LogP contribution in [0.3, 0.4) is 0 Å². The minimum absolute atomic E-state index is 0.106. The molecule has 0 spiro atoms. The Kier molecular flexibility index (Phi) is 6.30. The third-order valence-corrected chi connectivity index (χ3v) is 3.14. The maximum Gasteiger partial charge on any atom is 0.265 e. The van der Waals surface area contributed by atoms with Crippen LogP contribution in [-0.2, 0) is 0 Å². The normalized spacial score (nSPS) is 13.9. The van der Waals surface area contributed by atoms with Gasteiger partial charge in [-0.25, -0.2) is 5.43 Å². The Balaban J connectivity index is 2.56. The van der Waals surface area contributed by atoms with Gasteiger partial charge in [0.2, 0.25) is 0 Å². The number of carbonyl (C=O) groups is 1. The maximum absolute atomic E-state index is 11.9. The molecule has 19 heavy (non-hydrogen) atoms. The molecule has 3 heteroatoms. The number of hydrogen-bond acceptors (Lipinski definition) is 2. The van der Waals surface area contributed by atoms with E-state index in [-0.39, 0.29) is 11.9 Å². The summed E-state index contributed by atoms with van der Waals surface area (Å²) in [4.78, 5) is 11.9. The van der Waals surface area contributed by atoms with Crippen LogP contribution >= 0.6 is 0 Å². The number of hydrogen-bond donors (Lipinski definition) is 2. The summed E-state index contributed by atoms with van der Waals surface area (Å²) in [6, 6.07) is 9.40. The van der Waals surface area contributed by atoms with Crippen molar-refractivity contribution < 1.29 is 4.79 Å². The molecule has 1 aromatic carbocycles. The van der Waals surface area contributed by atoms with E-state index in [1.807, 2.05) is 24.3 Å². The summed E-state index contributed by atoms with van der Waals surface area (Å²) in [5, 5.41) is 0. The van der Waals surface area contributed by atoms with Crippen molar-refractivity contribution >= 4 is 5.91 Å². The summed E-state index contributed by atoms with van der Waals surface area (Å²) < 4.78 is 0. The molecule has 0 aliphatic heterocycles. The van der Waals surface area contributed by atoms with E-state index in [0.717, 1.165) is 6.42 Å². The van der Waals surface area contributed by atoms with Gasteiger partial charge >= 0.3 is 0 Å². The van der Waals surface area contributed by atoms with Gasteiger partial charge < -0.3 is 0 Å². The molecule has 2 N–H and O–H groups in total. The first-order chi connectivity index (χ1) is 9.04. The van der Waals surface area contributed by atoms with E-state index < -0.39 is 0 Å². The Morgan fingerprint density at radius 2 is 1.89 bits per heavy atom. The average molecular weight is 260 g/mol. The fourth-order valence-electron chi connectivity index (χ4n) is 1.90. The molecule has 0 aromatic heterocycles. The molecule has 0 bridgehead atoms. The molecule has 0 heterocycles. The number of nitrogens with one attached hydrogen (secondary N) is 2. The largest absolute Gasteiger partial charge is 0.287 e. The van der Waals surface area contributed by atoms with Gasteiger partial charge in [-0.1, -0.05) is 45.0 Å². The summed E-state index contributed by atoms with van der Waals surface area (Å²) >= 11 is 0. The van der Waals surface area contributed by atoms with Gasteiger partial charge in [0.25, 0.3) is 5.91 Å². The molecule has 1 amide bonds. The highest BCUT2D eigenvalue weighted by molar-refractivity contribution is 5.93. The molecule has 0 aliphatic rings. The molecule has 2 unspecified atom stereocenters. The van der Waals surface area contributed by atoms with E-state index in [9.17, 15) is 4.79 Å². The Bertz CT molecular complexity index is 400. The lowest BCUT2D eigenvalue weighted by molar-refractivity contribution is 0.0917. The SMILES string of the molecule is C=CC(C)C(CC(C)C)NNC(=O)c1ccccc1. The van der Waals surface area contributed by atoms with Crippen molar-refractivity contribution in [3.05, 3.63) is 48.6 Å². The van der Waals surface area contributed by atoms with Gasteiger partial charge in [0, 0.05) is 11.6 Å². The second kappa shape index (κ2) is 7.74. The number of rotatable bonds is 7. The Morgan fingerprint density at radius 1 is 1.26 bits per heavy atom. The maximum atomic E-state index is 11.9. The smallest absolute Gasteiger partial charge is 0.265 e. The molecular formula is C16H24N2O. The van der Waals surface area contributed by atoms with Gasteiger partial charge in [-0.15, -0.1) is 6.58 Å². The highest BCUT2D eigenvalue weighted by Gasteiger charge is 2.17. The van der Waals surface area contributed by atoms with Crippen LogP contribution in [0.2, 0.25) is 0 Å². The van der Waals surface area contributed by atoms with Crippen LogP contribution in [0.1, 0.15) is 37.6 Å². The summed E-state index contributed by atoms with van der Waals surface area (Å²) in [7, 11) is 0. The molecule has 0 radical (unpaired) electrons. The first kappa shape index (κ1) is 15.4. The van der Waals surface area contributed by atoms with Crippen molar-refractivity contribution in [1.29, 1.82) is 0 Å². The standard InChI is InChI=1S/C16H24N2O/c1-5-13(4)15(11-12(2)3)17-18-16(19)14-9-7-6-8-10-14/h5-10,12-13,15,17H,1,11H2,2-4H3,(H,18,19). The highest BCUT2D eigenvalue weighted by Crippen LogP contribution is 2.13. The zero-order valence-electron chi connectivity index (χ0n) is 12.0. The van der Waals surface area contributed by atoms with Crippen molar-refractivity contribution in [2.24, 2.45) is 11.8 Å². The molecular weight excluding hydrogens is 236 g/mol. The van der Waals surface area contributed by atoms with E-state index >= 15 is 0 Å². The molecule has 3 nitrogen and oxygen atoms in total. The van der Waals surface area contributed by atoms with E-state index in [2.05, 4.69) is 38.2 Å². The Labute approximate surface area is 116 Å². The predicted molar refractivity (Wildman–Crippen MR) is 79.6 cm³/mol. The van der Waals surface area contributed by atoms with Gasteiger partial charge in [-0.2, -0.15) is 0 Å². The third-order valence-electron chi connectivity index (χ3n) is 3.14. The monoisotopic (exact) mass is 260 g/mol. The van der Waals surface area contributed by atoms with Gasteiger partial charge in [0.05, 0.1) is 0 Å². The number of hydrazine groups is 1.